The van der Waals surface area contributed by atoms with Crippen molar-refractivity contribution >= 4 is 15.7 Å². The van der Waals surface area contributed by atoms with E-state index in [1.807, 2.05) is 7.05 Å². The van der Waals surface area contributed by atoms with Crippen LogP contribution in [0.5, 0.6) is 5.88 Å². The number of nitrogens with zero attached hydrogens (tertiary/aromatic N) is 2. The van der Waals surface area contributed by atoms with Gasteiger partial charge in [-0.15, -0.1) is 0 Å². The van der Waals surface area contributed by atoms with Gasteiger partial charge in [-0.05, 0) is 24.7 Å². The fourth-order valence-corrected chi connectivity index (χ4v) is 2.62. The van der Waals surface area contributed by atoms with Gasteiger partial charge in [-0.25, -0.2) is 9.97 Å². The second-order valence-electron chi connectivity index (χ2n) is 4.23. The molecule has 0 fully saturated rings. The van der Waals surface area contributed by atoms with Crippen molar-refractivity contribution in [3.8, 4) is 5.88 Å². The molecule has 8 heteroatoms. The fraction of sp³-hybridized carbons (Fsp3) is 0.231. The summed E-state index contributed by atoms with van der Waals surface area (Å²) in [5.41, 5.74) is 1.25. The van der Waals surface area contributed by atoms with Crippen molar-refractivity contribution in [1.82, 2.24) is 15.3 Å². The molecule has 0 aliphatic carbocycles. The molecule has 21 heavy (non-hydrogen) atoms. The van der Waals surface area contributed by atoms with E-state index in [2.05, 4.69) is 20.0 Å². The second kappa shape index (κ2) is 6.51. The third-order valence-corrected chi connectivity index (χ3v) is 3.95. The maximum absolute atomic E-state index is 12.2. The monoisotopic (exact) mass is 308 g/mol. The van der Waals surface area contributed by atoms with E-state index in [1.54, 1.807) is 18.2 Å². The Bertz CT molecular complexity index is 684. The standard InChI is InChI=1S/C13H16N4O3S/c1-14-7-10-3-6-13(16-8-10)21(18,19)17-11-4-5-12(20-2)15-9-11/h3-6,8-9,14,17H,7H2,1-2H3. The quantitative estimate of drug-likeness (QED) is 0.827. The molecule has 2 N–H and O–H groups in total. The summed E-state index contributed by atoms with van der Waals surface area (Å²) in [4.78, 5) is 7.90. The van der Waals surface area contributed by atoms with Crippen molar-refractivity contribution in [1.29, 1.82) is 0 Å². The molecule has 0 atom stereocenters. The lowest BCUT2D eigenvalue weighted by molar-refractivity contribution is 0.398. The lowest BCUT2D eigenvalue weighted by Gasteiger charge is -2.08. The molecule has 0 amide bonds. The van der Waals surface area contributed by atoms with Crippen molar-refractivity contribution in [3.05, 3.63) is 42.2 Å². The summed E-state index contributed by atoms with van der Waals surface area (Å²) in [6, 6.07) is 6.32. The maximum atomic E-state index is 12.2. The number of nitrogens with one attached hydrogen (secondary N) is 2. The average molecular weight is 308 g/mol. The molecule has 0 bridgehead atoms. The van der Waals surface area contributed by atoms with Crippen LogP contribution in [-0.2, 0) is 16.6 Å². The van der Waals surface area contributed by atoms with Gasteiger partial charge in [0.05, 0.1) is 19.0 Å². The first-order chi connectivity index (χ1) is 10.0. The van der Waals surface area contributed by atoms with Gasteiger partial charge in [0.1, 0.15) is 0 Å². The second-order valence-corrected chi connectivity index (χ2v) is 5.86. The van der Waals surface area contributed by atoms with Crippen LogP contribution >= 0.6 is 0 Å². The number of anilines is 1. The molecule has 0 aromatic carbocycles. The molecule has 0 aliphatic rings. The molecule has 2 rings (SSSR count). The van der Waals surface area contributed by atoms with Crippen LogP contribution in [0.15, 0.2) is 41.7 Å². The normalized spacial score (nSPS) is 11.1. The molecular weight excluding hydrogens is 292 g/mol. The van der Waals surface area contributed by atoms with Crippen LogP contribution < -0.4 is 14.8 Å². The van der Waals surface area contributed by atoms with Gasteiger partial charge < -0.3 is 10.1 Å². The molecule has 0 radical (unpaired) electrons. The Morgan fingerprint density at radius 2 is 1.95 bits per heavy atom. The lowest BCUT2D eigenvalue weighted by Crippen LogP contribution is -2.15. The summed E-state index contributed by atoms with van der Waals surface area (Å²) in [7, 11) is -0.430. The van der Waals surface area contributed by atoms with Crippen molar-refractivity contribution < 1.29 is 13.2 Å². The predicted molar refractivity (Wildman–Crippen MR) is 78.6 cm³/mol. The largest absolute Gasteiger partial charge is 0.481 e. The highest BCUT2D eigenvalue weighted by molar-refractivity contribution is 7.92. The van der Waals surface area contributed by atoms with Crippen molar-refractivity contribution in [3.63, 3.8) is 0 Å². The Kier molecular flexibility index (Phi) is 4.71. The molecule has 0 saturated carbocycles. The number of hydrogen-bond acceptors (Lipinski definition) is 6. The molecule has 0 spiro atoms. The Balaban J connectivity index is 2.16. The number of rotatable bonds is 6. The molecule has 112 valence electrons. The summed E-state index contributed by atoms with van der Waals surface area (Å²) < 4.78 is 31.7. The van der Waals surface area contributed by atoms with E-state index in [-0.39, 0.29) is 5.03 Å². The van der Waals surface area contributed by atoms with Gasteiger partial charge in [0, 0.05) is 18.8 Å². The van der Waals surface area contributed by atoms with Crippen molar-refractivity contribution in [2.24, 2.45) is 0 Å². The topological polar surface area (TPSA) is 93.2 Å². The van der Waals surface area contributed by atoms with E-state index in [9.17, 15) is 8.42 Å². The zero-order valence-electron chi connectivity index (χ0n) is 11.7. The highest BCUT2D eigenvalue weighted by Gasteiger charge is 2.15. The zero-order valence-corrected chi connectivity index (χ0v) is 12.5. The molecule has 7 nitrogen and oxygen atoms in total. The van der Waals surface area contributed by atoms with Gasteiger partial charge in [0.2, 0.25) is 5.88 Å². The minimum atomic E-state index is -3.73. The summed E-state index contributed by atoms with van der Waals surface area (Å²) in [6.45, 7) is 0.628. The molecule has 0 aliphatic heterocycles. The number of aromatic nitrogens is 2. The van der Waals surface area contributed by atoms with Crippen LogP contribution in [0.25, 0.3) is 0 Å². The van der Waals surface area contributed by atoms with E-state index in [0.29, 0.717) is 18.1 Å². The van der Waals surface area contributed by atoms with E-state index in [1.165, 1.54) is 25.6 Å². The van der Waals surface area contributed by atoms with Crippen LogP contribution in [0.1, 0.15) is 5.56 Å². The Morgan fingerprint density at radius 3 is 2.48 bits per heavy atom. The van der Waals surface area contributed by atoms with Gasteiger partial charge in [-0.2, -0.15) is 8.42 Å². The summed E-state index contributed by atoms with van der Waals surface area (Å²) in [5.74, 6) is 0.410. The first-order valence-electron chi connectivity index (χ1n) is 6.17. The highest BCUT2D eigenvalue weighted by Crippen LogP contribution is 2.16. The zero-order chi connectivity index (χ0) is 15.3. The number of pyridine rings is 2. The predicted octanol–water partition coefficient (Wildman–Crippen LogP) is 1.01. The van der Waals surface area contributed by atoms with Gasteiger partial charge in [-0.1, -0.05) is 6.07 Å². The lowest BCUT2D eigenvalue weighted by atomic mass is 10.3. The number of methoxy groups -OCH3 is 1. The summed E-state index contributed by atoms with van der Waals surface area (Å²) in [5, 5.41) is 2.92. The average Bonchev–Trinajstić information content (AvgIpc) is 2.48. The molecule has 2 aromatic heterocycles. The van der Waals surface area contributed by atoms with Gasteiger partial charge in [0.15, 0.2) is 5.03 Å². The van der Waals surface area contributed by atoms with Crippen LogP contribution in [0, 0.1) is 0 Å². The SMILES string of the molecule is CNCc1ccc(S(=O)(=O)Nc2ccc(OC)nc2)nc1. The molecule has 2 heterocycles. The number of hydrogen-bond donors (Lipinski definition) is 2. The Morgan fingerprint density at radius 1 is 1.14 bits per heavy atom. The highest BCUT2D eigenvalue weighted by atomic mass is 32.2. The summed E-state index contributed by atoms with van der Waals surface area (Å²) in [6.07, 6.45) is 2.91. The smallest absolute Gasteiger partial charge is 0.279 e. The van der Waals surface area contributed by atoms with E-state index < -0.39 is 10.0 Å². The van der Waals surface area contributed by atoms with E-state index >= 15 is 0 Å². The molecule has 0 unspecified atom stereocenters. The fourth-order valence-electron chi connectivity index (χ4n) is 1.65. The first kappa shape index (κ1) is 15.2. The van der Waals surface area contributed by atoms with Crippen LogP contribution in [0.4, 0.5) is 5.69 Å². The van der Waals surface area contributed by atoms with E-state index in [4.69, 9.17) is 4.74 Å². The molecular formula is C13H16N4O3S. The first-order valence-corrected chi connectivity index (χ1v) is 7.66. The van der Waals surface area contributed by atoms with Crippen LogP contribution in [0.3, 0.4) is 0 Å². The maximum Gasteiger partial charge on any atom is 0.279 e. The van der Waals surface area contributed by atoms with Gasteiger partial charge >= 0.3 is 0 Å². The van der Waals surface area contributed by atoms with Gasteiger partial charge in [0.25, 0.3) is 10.0 Å². The molecule has 0 saturated heterocycles. The Hall–Kier alpha value is -2.19. The van der Waals surface area contributed by atoms with Crippen LogP contribution in [-0.4, -0.2) is 32.5 Å². The number of sulfonamides is 1. The third kappa shape index (κ3) is 3.89. The van der Waals surface area contributed by atoms with Crippen molar-refractivity contribution in [2.45, 2.75) is 11.6 Å². The summed E-state index contributed by atoms with van der Waals surface area (Å²) >= 11 is 0. The number of ether oxygens (including phenoxy) is 1. The minimum Gasteiger partial charge on any atom is -0.481 e. The van der Waals surface area contributed by atoms with Crippen molar-refractivity contribution in [2.75, 3.05) is 18.9 Å². The van der Waals surface area contributed by atoms with E-state index in [0.717, 1.165) is 5.56 Å². The third-order valence-electron chi connectivity index (χ3n) is 2.65. The van der Waals surface area contributed by atoms with Crippen LogP contribution in [0.2, 0.25) is 0 Å². The minimum absolute atomic E-state index is 0.0434. The Labute approximate surface area is 123 Å². The van der Waals surface area contributed by atoms with Gasteiger partial charge in [-0.3, -0.25) is 4.72 Å². The molecule has 2 aromatic rings.